The molecule has 24 heavy (non-hydrogen) atoms. The number of hydrogen-bond acceptors (Lipinski definition) is 6. The maximum atomic E-state index is 12.5. The molecule has 0 fully saturated rings. The maximum Gasteiger partial charge on any atom is 0.255 e. The summed E-state index contributed by atoms with van der Waals surface area (Å²) in [7, 11) is 0. The molecule has 1 aromatic heterocycles. The smallest absolute Gasteiger partial charge is 0.255 e. The average molecular weight is 332 g/mol. The Bertz CT molecular complexity index is 680. The zero-order valence-corrected chi connectivity index (χ0v) is 14.3. The number of carbonyl (C=O) groups excluding carboxylic acids is 1. The molecule has 2 aromatic rings. The number of nitrogens with one attached hydrogen (secondary N) is 1. The first kappa shape index (κ1) is 17.9. The minimum Gasteiger partial charge on any atom is -0.485 e. The van der Waals surface area contributed by atoms with Crippen LogP contribution >= 0.6 is 0 Å². The summed E-state index contributed by atoms with van der Waals surface area (Å²) in [4.78, 5) is 16.5. The summed E-state index contributed by atoms with van der Waals surface area (Å²) >= 11 is 0. The first-order valence-corrected chi connectivity index (χ1v) is 8.05. The zero-order chi connectivity index (χ0) is 17.6. The van der Waals surface area contributed by atoms with Gasteiger partial charge in [-0.05, 0) is 25.0 Å². The molecule has 0 aliphatic carbocycles. The van der Waals surface area contributed by atoms with Gasteiger partial charge in [-0.25, -0.2) is 0 Å². The van der Waals surface area contributed by atoms with Gasteiger partial charge in [-0.3, -0.25) is 4.79 Å². The van der Waals surface area contributed by atoms with Gasteiger partial charge in [-0.2, -0.15) is 4.98 Å². The summed E-state index contributed by atoms with van der Waals surface area (Å²) < 4.78 is 10.6. The van der Waals surface area contributed by atoms with Crippen LogP contribution in [-0.2, 0) is 6.61 Å². The molecule has 1 amide bonds. The Balaban J connectivity index is 2.03. The van der Waals surface area contributed by atoms with Crippen molar-refractivity contribution in [3.8, 4) is 5.75 Å². The molecule has 0 saturated heterocycles. The Labute approximate surface area is 141 Å². The van der Waals surface area contributed by atoms with Crippen LogP contribution in [0.3, 0.4) is 0 Å². The molecule has 1 heterocycles. The lowest BCUT2D eigenvalue weighted by atomic mass is 9.94. The van der Waals surface area contributed by atoms with Crippen molar-refractivity contribution in [2.75, 3.05) is 6.54 Å². The molecule has 0 radical (unpaired) electrons. The summed E-state index contributed by atoms with van der Waals surface area (Å²) in [5.41, 5.74) is 6.28. The summed E-state index contributed by atoms with van der Waals surface area (Å²) in [5.74, 6) is 1.15. The minimum absolute atomic E-state index is 0.131. The lowest BCUT2D eigenvalue weighted by Gasteiger charge is -2.27. The Hall–Kier alpha value is -2.41. The molecule has 0 aliphatic rings. The van der Waals surface area contributed by atoms with Crippen molar-refractivity contribution in [2.45, 2.75) is 45.8 Å². The fourth-order valence-electron chi connectivity index (χ4n) is 2.17. The van der Waals surface area contributed by atoms with Crippen molar-refractivity contribution in [1.29, 1.82) is 0 Å². The predicted octanol–water partition coefficient (Wildman–Crippen LogP) is 2.20. The zero-order valence-electron chi connectivity index (χ0n) is 14.3. The van der Waals surface area contributed by atoms with Crippen LogP contribution in [0.15, 0.2) is 28.8 Å². The molecule has 0 spiro atoms. The quantitative estimate of drug-likeness (QED) is 0.768. The number of nitrogens with zero attached hydrogens (tertiary/aromatic N) is 2. The van der Waals surface area contributed by atoms with E-state index in [4.69, 9.17) is 15.0 Å². The number of para-hydroxylation sites is 1. The van der Waals surface area contributed by atoms with E-state index in [1.807, 2.05) is 13.8 Å². The fourth-order valence-corrected chi connectivity index (χ4v) is 2.17. The largest absolute Gasteiger partial charge is 0.485 e. The molecule has 0 saturated carbocycles. The van der Waals surface area contributed by atoms with Gasteiger partial charge < -0.3 is 20.3 Å². The second-order valence-electron chi connectivity index (χ2n) is 5.77. The Morgan fingerprint density at radius 3 is 2.67 bits per heavy atom. The summed E-state index contributed by atoms with van der Waals surface area (Å²) in [6, 6.07) is 7.04. The summed E-state index contributed by atoms with van der Waals surface area (Å²) in [6.45, 7) is 6.28. The van der Waals surface area contributed by atoms with Crippen molar-refractivity contribution in [1.82, 2.24) is 15.5 Å². The average Bonchev–Trinajstić information content (AvgIpc) is 3.03. The third-order valence-corrected chi connectivity index (χ3v) is 4.07. The van der Waals surface area contributed by atoms with E-state index < -0.39 is 5.54 Å². The van der Waals surface area contributed by atoms with Crippen LogP contribution in [0.5, 0.6) is 5.75 Å². The van der Waals surface area contributed by atoms with Crippen molar-refractivity contribution in [3.05, 3.63) is 41.5 Å². The van der Waals surface area contributed by atoms with Gasteiger partial charge in [0.1, 0.15) is 5.75 Å². The molecule has 7 heteroatoms. The van der Waals surface area contributed by atoms with Crippen LogP contribution in [0.25, 0.3) is 0 Å². The van der Waals surface area contributed by atoms with Gasteiger partial charge in [0.15, 0.2) is 6.61 Å². The molecular formula is C17H24N4O3. The van der Waals surface area contributed by atoms with Gasteiger partial charge in [0.25, 0.3) is 5.91 Å². The Morgan fingerprint density at radius 2 is 2.04 bits per heavy atom. The molecule has 7 nitrogen and oxygen atoms in total. The van der Waals surface area contributed by atoms with E-state index in [1.54, 1.807) is 31.2 Å². The summed E-state index contributed by atoms with van der Waals surface area (Å²) in [5, 5.41) is 6.66. The van der Waals surface area contributed by atoms with Crippen LogP contribution < -0.4 is 15.8 Å². The number of carbonyl (C=O) groups is 1. The lowest BCUT2D eigenvalue weighted by molar-refractivity contribution is 0.0937. The monoisotopic (exact) mass is 332 g/mol. The fraction of sp³-hybridized carbons (Fsp3) is 0.471. The molecule has 0 bridgehead atoms. The number of aromatic nitrogens is 2. The number of rotatable bonds is 8. The van der Waals surface area contributed by atoms with Crippen molar-refractivity contribution in [3.63, 3.8) is 0 Å². The second kappa shape index (κ2) is 7.92. The molecule has 0 atom stereocenters. The standard InChI is InChI=1S/C17H24N4O3/c1-4-17(18,5-2)11-19-16(22)13-8-6-7-9-14(13)23-10-15-20-12(3)24-21-15/h6-9H,4-5,10-11,18H2,1-3H3,(H,19,22). The van der Waals surface area contributed by atoms with E-state index in [0.29, 0.717) is 29.6 Å². The minimum atomic E-state index is -0.395. The van der Waals surface area contributed by atoms with Gasteiger partial charge in [0.2, 0.25) is 11.7 Å². The highest BCUT2D eigenvalue weighted by molar-refractivity contribution is 5.96. The molecule has 1 aromatic carbocycles. The van der Waals surface area contributed by atoms with E-state index in [1.165, 1.54) is 0 Å². The van der Waals surface area contributed by atoms with Gasteiger partial charge >= 0.3 is 0 Å². The second-order valence-corrected chi connectivity index (χ2v) is 5.77. The first-order chi connectivity index (χ1) is 11.5. The lowest BCUT2D eigenvalue weighted by Crippen LogP contribution is -2.49. The number of benzene rings is 1. The van der Waals surface area contributed by atoms with Crippen molar-refractivity contribution < 1.29 is 14.1 Å². The molecule has 0 unspecified atom stereocenters. The van der Waals surface area contributed by atoms with Crippen LogP contribution in [0.1, 0.15) is 48.8 Å². The molecule has 0 aliphatic heterocycles. The highest BCUT2D eigenvalue weighted by Crippen LogP contribution is 2.19. The van der Waals surface area contributed by atoms with E-state index in [2.05, 4.69) is 15.5 Å². The van der Waals surface area contributed by atoms with Gasteiger partial charge in [-0.1, -0.05) is 31.1 Å². The molecule has 2 rings (SSSR count). The summed E-state index contributed by atoms with van der Waals surface area (Å²) in [6.07, 6.45) is 1.58. The van der Waals surface area contributed by atoms with Crippen LogP contribution in [-0.4, -0.2) is 28.1 Å². The van der Waals surface area contributed by atoms with Gasteiger partial charge in [0.05, 0.1) is 5.56 Å². The number of hydrogen-bond donors (Lipinski definition) is 2. The Kier molecular flexibility index (Phi) is 5.92. The maximum absolute atomic E-state index is 12.5. The highest BCUT2D eigenvalue weighted by atomic mass is 16.5. The normalized spacial score (nSPS) is 11.3. The predicted molar refractivity (Wildman–Crippen MR) is 89.6 cm³/mol. The van der Waals surface area contributed by atoms with E-state index >= 15 is 0 Å². The van der Waals surface area contributed by atoms with Crippen molar-refractivity contribution in [2.24, 2.45) is 5.73 Å². The molecule has 130 valence electrons. The van der Waals surface area contributed by atoms with Gasteiger partial charge in [-0.15, -0.1) is 0 Å². The van der Waals surface area contributed by atoms with Crippen LogP contribution in [0.4, 0.5) is 0 Å². The molecule has 3 N–H and O–H groups in total. The van der Waals surface area contributed by atoms with Crippen LogP contribution in [0.2, 0.25) is 0 Å². The number of amides is 1. The first-order valence-electron chi connectivity index (χ1n) is 8.05. The third kappa shape index (κ3) is 4.55. The van der Waals surface area contributed by atoms with Crippen molar-refractivity contribution >= 4 is 5.91 Å². The van der Waals surface area contributed by atoms with E-state index in [9.17, 15) is 4.79 Å². The number of nitrogens with two attached hydrogens (primary N) is 1. The highest BCUT2D eigenvalue weighted by Gasteiger charge is 2.22. The number of ether oxygens (including phenoxy) is 1. The molecular weight excluding hydrogens is 308 g/mol. The van der Waals surface area contributed by atoms with E-state index in [-0.39, 0.29) is 12.5 Å². The van der Waals surface area contributed by atoms with E-state index in [0.717, 1.165) is 12.8 Å². The topological polar surface area (TPSA) is 103 Å². The SMILES string of the molecule is CCC(N)(CC)CNC(=O)c1ccccc1OCc1noc(C)n1. The van der Waals surface area contributed by atoms with Crippen LogP contribution in [0, 0.1) is 6.92 Å². The number of aryl methyl sites for hydroxylation is 1. The third-order valence-electron chi connectivity index (χ3n) is 4.07. The Morgan fingerprint density at radius 1 is 1.33 bits per heavy atom. The van der Waals surface area contributed by atoms with Gasteiger partial charge in [0, 0.05) is 19.0 Å².